The van der Waals surface area contributed by atoms with Crippen LogP contribution in [0.1, 0.15) is 37.3 Å². The van der Waals surface area contributed by atoms with Gasteiger partial charge in [0.2, 0.25) is 0 Å². The highest BCUT2D eigenvalue weighted by molar-refractivity contribution is 5.36. The molecule has 3 atom stereocenters. The Morgan fingerprint density at radius 3 is 2.11 bits per heavy atom. The molecule has 3 rings (SSSR count). The zero-order valence-electron chi connectivity index (χ0n) is 11.1. The first-order chi connectivity index (χ1) is 8.72. The van der Waals surface area contributed by atoms with Crippen LogP contribution in [0.3, 0.4) is 0 Å². The Labute approximate surface area is 110 Å². The van der Waals surface area contributed by atoms with Crippen molar-refractivity contribution in [2.75, 3.05) is 0 Å². The first-order valence-electron chi connectivity index (χ1n) is 6.82. The van der Waals surface area contributed by atoms with Crippen LogP contribution in [0.25, 0.3) is 0 Å². The summed E-state index contributed by atoms with van der Waals surface area (Å²) in [6.07, 6.45) is 1.31. The highest BCUT2D eigenvalue weighted by Crippen LogP contribution is 2.59. The van der Waals surface area contributed by atoms with Crippen molar-refractivity contribution in [1.29, 1.82) is 0 Å². The summed E-state index contributed by atoms with van der Waals surface area (Å²) in [4.78, 5) is 0. The fourth-order valence-electron chi connectivity index (χ4n) is 3.27. The summed E-state index contributed by atoms with van der Waals surface area (Å²) in [6, 6.07) is 21.9. The van der Waals surface area contributed by atoms with Gasteiger partial charge in [-0.15, -0.1) is 0 Å². The van der Waals surface area contributed by atoms with Crippen LogP contribution in [0.4, 0.5) is 0 Å². The van der Waals surface area contributed by atoms with Crippen LogP contribution in [-0.2, 0) is 5.41 Å². The van der Waals surface area contributed by atoms with E-state index in [0.29, 0.717) is 11.3 Å². The van der Waals surface area contributed by atoms with Crippen molar-refractivity contribution in [2.45, 2.75) is 31.6 Å². The number of rotatable bonds is 3. The molecule has 0 aromatic heterocycles. The predicted octanol–water partition coefficient (Wildman–Crippen LogP) is 4.77. The molecule has 0 saturated heterocycles. The van der Waals surface area contributed by atoms with Crippen molar-refractivity contribution in [1.82, 2.24) is 0 Å². The Morgan fingerprint density at radius 1 is 0.944 bits per heavy atom. The summed E-state index contributed by atoms with van der Waals surface area (Å²) in [7, 11) is 0. The third-order valence-electron chi connectivity index (χ3n) is 4.66. The van der Waals surface area contributed by atoms with Crippen molar-refractivity contribution in [3.63, 3.8) is 0 Å². The van der Waals surface area contributed by atoms with E-state index in [1.165, 1.54) is 17.5 Å². The standard InChI is InChI=1S/C18H20/c1-14(15-9-5-3-6-10-15)17-13-18(17,2)16-11-7-4-8-12-16/h3-12,14,17H,13H2,1-2H3. The molecule has 0 spiro atoms. The molecule has 18 heavy (non-hydrogen) atoms. The lowest BCUT2D eigenvalue weighted by atomic mass is 9.87. The molecule has 0 nitrogen and oxygen atoms in total. The van der Waals surface area contributed by atoms with Gasteiger partial charge in [-0.1, -0.05) is 74.5 Å². The minimum absolute atomic E-state index is 0.385. The lowest BCUT2D eigenvalue weighted by Gasteiger charge is -2.17. The maximum absolute atomic E-state index is 2.41. The topological polar surface area (TPSA) is 0 Å². The van der Waals surface area contributed by atoms with Gasteiger partial charge in [-0.25, -0.2) is 0 Å². The zero-order valence-corrected chi connectivity index (χ0v) is 11.1. The molecule has 2 aromatic rings. The predicted molar refractivity (Wildman–Crippen MR) is 76.8 cm³/mol. The van der Waals surface area contributed by atoms with Crippen molar-refractivity contribution < 1.29 is 0 Å². The van der Waals surface area contributed by atoms with Crippen LogP contribution < -0.4 is 0 Å². The molecule has 1 aliphatic carbocycles. The molecule has 3 unspecified atom stereocenters. The van der Waals surface area contributed by atoms with Crippen LogP contribution in [-0.4, -0.2) is 0 Å². The van der Waals surface area contributed by atoms with E-state index < -0.39 is 0 Å². The molecule has 0 amide bonds. The van der Waals surface area contributed by atoms with Gasteiger partial charge in [0.1, 0.15) is 0 Å². The van der Waals surface area contributed by atoms with E-state index in [1.54, 1.807) is 0 Å². The van der Waals surface area contributed by atoms with Crippen LogP contribution in [0, 0.1) is 5.92 Å². The van der Waals surface area contributed by atoms with Crippen molar-refractivity contribution in [3.8, 4) is 0 Å². The van der Waals surface area contributed by atoms with Gasteiger partial charge in [0.15, 0.2) is 0 Å². The molecule has 0 heteroatoms. The van der Waals surface area contributed by atoms with Crippen LogP contribution in [0.15, 0.2) is 60.7 Å². The highest BCUT2D eigenvalue weighted by atomic mass is 14.6. The van der Waals surface area contributed by atoms with Gasteiger partial charge in [0.25, 0.3) is 0 Å². The molecular formula is C18H20. The first-order valence-corrected chi connectivity index (χ1v) is 6.82. The van der Waals surface area contributed by atoms with Crippen molar-refractivity contribution in [3.05, 3.63) is 71.8 Å². The Balaban J connectivity index is 1.82. The van der Waals surface area contributed by atoms with Gasteiger partial charge in [-0.3, -0.25) is 0 Å². The Bertz CT molecular complexity index is 514. The molecule has 0 bridgehead atoms. The van der Waals surface area contributed by atoms with Gasteiger partial charge in [0.05, 0.1) is 0 Å². The average Bonchev–Trinajstić information content (AvgIpc) is 3.14. The van der Waals surface area contributed by atoms with Crippen LogP contribution >= 0.6 is 0 Å². The highest BCUT2D eigenvalue weighted by Gasteiger charge is 2.53. The Morgan fingerprint density at radius 2 is 1.50 bits per heavy atom. The van der Waals surface area contributed by atoms with E-state index in [0.717, 1.165) is 5.92 Å². The van der Waals surface area contributed by atoms with E-state index in [1.807, 2.05) is 0 Å². The first kappa shape index (κ1) is 11.5. The Kier molecular flexibility index (Phi) is 2.74. The van der Waals surface area contributed by atoms with Gasteiger partial charge < -0.3 is 0 Å². The van der Waals surface area contributed by atoms with Gasteiger partial charge in [-0.05, 0) is 34.8 Å². The largest absolute Gasteiger partial charge is 0.0622 e. The summed E-state index contributed by atoms with van der Waals surface area (Å²) >= 11 is 0. The number of hydrogen-bond acceptors (Lipinski definition) is 0. The quantitative estimate of drug-likeness (QED) is 0.720. The normalized spacial score (nSPS) is 27.8. The van der Waals surface area contributed by atoms with E-state index >= 15 is 0 Å². The second-order valence-corrected chi connectivity index (χ2v) is 5.79. The minimum atomic E-state index is 0.385. The Hall–Kier alpha value is -1.56. The second-order valence-electron chi connectivity index (χ2n) is 5.79. The van der Waals surface area contributed by atoms with Crippen molar-refractivity contribution in [2.24, 2.45) is 5.92 Å². The molecule has 2 aromatic carbocycles. The molecule has 92 valence electrons. The summed E-state index contributed by atoms with van der Waals surface area (Å²) < 4.78 is 0. The van der Waals surface area contributed by atoms with Gasteiger partial charge in [-0.2, -0.15) is 0 Å². The number of hydrogen-bond donors (Lipinski definition) is 0. The smallest absolute Gasteiger partial charge is 0.00378 e. The molecule has 0 heterocycles. The molecule has 0 aliphatic heterocycles. The van der Waals surface area contributed by atoms with Gasteiger partial charge >= 0.3 is 0 Å². The SMILES string of the molecule is CC(c1ccccc1)C1CC1(C)c1ccccc1. The summed E-state index contributed by atoms with van der Waals surface area (Å²) in [5.74, 6) is 1.43. The van der Waals surface area contributed by atoms with E-state index in [2.05, 4.69) is 74.5 Å². The number of benzene rings is 2. The molecule has 0 N–H and O–H groups in total. The maximum atomic E-state index is 2.41. The monoisotopic (exact) mass is 236 g/mol. The average molecular weight is 236 g/mol. The van der Waals surface area contributed by atoms with E-state index in [9.17, 15) is 0 Å². The van der Waals surface area contributed by atoms with E-state index in [4.69, 9.17) is 0 Å². The minimum Gasteiger partial charge on any atom is -0.0622 e. The molecule has 1 fully saturated rings. The molecule has 0 radical (unpaired) electrons. The third-order valence-corrected chi connectivity index (χ3v) is 4.66. The van der Waals surface area contributed by atoms with E-state index in [-0.39, 0.29) is 0 Å². The zero-order chi connectivity index (χ0) is 12.6. The maximum Gasteiger partial charge on any atom is -0.00378 e. The summed E-state index contributed by atoms with van der Waals surface area (Å²) in [5, 5.41) is 0. The second kappa shape index (κ2) is 4.28. The van der Waals surface area contributed by atoms with Crippen molar-refractivity contribution >= 4 is 0 Å². The fourth-order valence-corrected chi connectivity index (χ4v) is 3.27. The van der Waals surface area contributed by atoms with Gasteiger partial charge in [0, 0.05) is 0 Å². The molecule has 1 aliphatic rings. The lowest BCUT2D eigenvalue weighted by Crippen LogP contribution is -2.08. The summed E-state index contributed by atoms with van der Waals surface area (Å²) in [6.45, 7) is 4.78. The van der Waals surface area contributed by atoms with Crippen LogP contribution in [0.5, 0.6) is 0 Å². The van der Waals surface area contributed by atoms with Crippen LogP contribution in [0.2, 0.25) is 0 Å². The fraction of sp³-hybridized carbons (Fsp3) is 0.333. The molecular weight excluding hydrogens is 216 g/mol. The lowest BCUT2D eigenvalue weighted by molar-refractivity contribution is 0.571. The summed E-state index contributed by atoms with van der Waals surface area (Å²) in [5.41, 5.74) is 3.36. The molecule has 1 saturated carbocycles. The third kappa shape index (κ3) is 1.86.